The number of para-hydroxylation sites is 1. The Kier molecular flexibility index (Phi) is 4.31. The first-order chi connectivity index (χ1) is 12.3. The van der Waals surface area contributed by atoms with Crippen LogP contribution in [0.1, 0.15) is 12.8 Å². The maximum absolute atomic E-state index is 14.1. The smallest absolute Gasteiger partial charge is 0.168 e. The summed E-state index contributed by atoms with van der Waals surface area (Å²) in [6, 6.07) is 6.56. The lowest BCUT2D eigenvalue weighted by atomic mass is 9.98. The van der Waals surface area contributed by atoms with E-state index >= 15 is 0 Å². The Hall–Kier alpha value is -2.54. The number of aromatic nitrogens is 4. The van der Waals surface area contributed by atoms with Crippen LogP contribution in [0, 0.1) is 11.7 Å². The highest BCUT2D eigenvalue weighted by Gasteiger charge is 2.23. The van der Waals surface area contributed by atoms with E-state index in [1.54, 1.807) is 31.5 Å². The fraction of sp³-hybridized carbons (Fsp3) is 0.389. The third kappa shape index (κ3) is 2.95. The summed E-state index contributed by atoms with van der Waals surface area (Å²) in [5, 5.41) is 5.20. The van der Waals surface area contributed by atoms with Gasteiger partial charge in [0, 0.05) is 26.8 Å². The number of piperidine rings is 1. The Bertz CT molecular complexity index is 873. The molecule has 1 aromatic carbocycles. The van der Waals surface area contributed by atoms with Gasteiger partial charge in [-0.05, 0) is 30.9 Å². The van der Waals surface area contributed by atoms with E-state index in [1.807, 2.05) is 0 Å². The Labute approximate surface area is 145 Å². The van der Waals surface area contributed by atoms with Crippen LogP contribution in [0.3, 0.4) is 0 Å². The van der Waals surface area contributed by atoms with Crippen molar-refractivity contribution in [2.24, 2.45) is 5.92 Å². The number of hydrogen-bond donors (Lipinski definition) is 0. The summed E-state index contributed by atoms with van der Waals surface area (Å²) in [7, 11) is 1.75. The van der Waals surface area contributed by atoms with Crippen molar-refractivity contribution >= 4 is 16.9 Å². The minimum Gasteiger partial charge on any atom is -0.384 e. The highest BCUT2D eigenvalue weighted by molar-refractivity contribution is 5.87. The van der Waals surface area contributed by atoms with Gasteiger partial charge in [-0.2, -0.15) is 5.10 Å². The number of fused-ring (bicyclic) bond motifs is 1. The molecule has 0 unspecified atom stereocenters. The van der Waals surface area contributed by atoms with Crippen LogP contribution in [0.5, 0.6) is 0 Å². The van der Waals surface area contributed by atoms with Crippen molar-refractivity contribution in [3.05, 3.63) is 42.6 Å². The average molecular weight is 341 g/mol. The van der Waals surface area contributed by atoms with Crippen LogP contribution in [0.2, 0.25) is 0 Å². The van der Waals surface area contributed by atoms with Crippen molar-refractivity contribution < 1.29 is 9.13 Å². The lowest BCUT2D eigenvalue weighted by Gasteiger charge is -2.32. The summed E-state index contributed by atoms with van der Waals surface area (Å²) in [4.78, 5) is 11.1. The van der Waals surface area contributed by atoms with Crippen molar-refractivity contribution in [1.29, 1.82) is 0 Å². The molecule has 0 bridgehead atoms. The van der Waals surface area contributed by atoms with Gasteiger partial charge in [-0.3, -0.25) is 0 Å². The Balaban J connectivity index is 1.67. The van der Waals surface area contributed by atoms with Crippen molar-refractivity contribution in [1.82, 2.24) is 19.7 Å². The number of hydrogen-bond acceptors (Lipinski definition) is 5. The summed E-state index contributed by atoms with van der Waals surface area (Å²) in [6.07, 6.45) is 5.39. The molecule has 6 nitrogen and oxygen atoms in total. The maximum Gasteiger partial charge on any atom is 0.168 e. The number of methoxy groups -OCH3 is 1. The van der Waals surface area contributed by atoms with Gasteiger partial charge in [0.25, 0.3) is 0 Å². The molecule has 3 aromatic rings. The molecule has 3 heterocycles. The molecule has 4 rings (SSSR count). The van der Waals surface area contributed by atoms with Gasteiger partial charge in [-0.1, -0.05) is 12.1 Å². The monoisotopic (exact) mass is 341 g/mol. The second-order valence-electron chi connectivity index (χ2n) is 6.33. The average Bonchev–Trinajstić information content (AvgIpc) is 3.07. The number of nitrogens with zero attached hydrogens (tertiary/aromatic N) is 5. The summed E-state index contributed by atoms with van der Waals surface area (Å²) in [5.74, 6) is 1.14. The van der Waals surface area contributed by atoms with Gasteiger partial charge in [-0.15, -0.1) is 0 Å². The van der Waals surface area contributed by atoms with Crippen molar-refractivity contribution in [2.45, 2.75) is 12.8 Å². The van der Waals surface area contributed by atoms with Gasteiger partial charge < -0.3 is 9.64 Å². The van der Waals surface area contributed by atoms with Crippen LogP contribution in [0.25, 0.3) is 16.7 Å². The number of halogens is 1. The lowest BCUT2D eigenvalue weighted by molar-refractivity contribution is 0.139. The first-order valence-electron chi connectivity index (χ1n) is 8.45. The Morgan fingerprint density at radius 3 is 2.76 bits per heavy atom. The quantitative estimate of drug-likeness (QED) is 0.730. The first-order valence-corrected chi connectivity index (χ1v) is 8.45. The van der Waals surface area contributed by atoms with Crippen LogP contribution >= 0.6 is 0 Å². The first kappa shape index (κ1) is 16.0. The predicted octanol–water partition coefficient (Wildman–Crippen LogP) is 2.82. The molecule has 0 N–H and O–H groups in total. The molecule has 0 amide bonds. The highest BCUT2D eigenvalue weighted by atomic mass is 19.1. The largest absolute Gasteiger partial charge is 0.384 e. The molecule has 0 saturated carbocycles. The zero-order chi connectivity index (χ0) is 17.2. The van der Waals surface area contributed by atoms with Crippen LogP contribution < -0.4 is 4.90 Å². The summed E-state index contributed by atoms with van der Waals surface area (Å²) < 4.78 is 20.9. The van der Waals surface area contributed by atoms with E-state index in [0.717, 1.165) is 43.7 Å². The van der Waals surface area contributed by atoms with E-state index in [9.17, 15) is 4.39 Å². The van der Waals surface area contributed by atoms with Gasteiger partial charge in [0.1, 0.15) is 23.6 Å². The van der Waals surface area contributed by atoms with E-state index in [4.69, 9.17) is 4.74 Å². The molecule has 0 radical (unpaired) electrons. The number of ether oxygens (including phenoxy) is 1. The van der Waals surface area contributed by atoms with Gasteiger partial charge in [0.2, 0.25) is 0 Å². The topological polar surface area (TPSA) is 56.1 Å². The minimum absolute atomic E-state index is 0.326. The fourth-order valence-corrected chi connectivity index (χ4v) is 3.43. The van der Waals surface area contributed by atoms with E-state index in [2.05, 4.69) is 20.0 Å². The van der Waals surface area contributed by atoms with Gasteiger partial charge >= 0.3 is 0 Å². The normalized spacial score (nSPS) is 15.8. The fourth-order valence-electron chi connectivity index (χ4n) is 3.43. The number of anilines is 1. The molecule has 1 aliphatic rings. The number of benzene rings is 1. The van der Waals surface area contributed by atoms with Crippen molar-refractivity contribution in [3.8, 4) is 5.69 Å². The van der Waals surface area contributed by atoms with E-state index in [0.29, 0.717) is 17.3 Å². The van der Waals surface area contributed by atoms with Crippen molar-refractivity contribution in [2.75, 3.05) is 31.7 Å². The lowest BCUT2D eigenvalue weighted by Crippen LogP contribution is -2.35. The standard InChI is InChI=1S/C18H20FN5O/c1-25-11-13-6-8-23(9-7-13)17-14-10-22-24(18(14)21-12-20-17)16-5-3-2-4-15(16)19/h2-5,10,12-13H,6-9,11H2,1H3. The van der Waals surface area contributed by atoms with E-state index < -0.39 is 0 Å². The van der Waals surface area contributed by atoms with Gasteiger partial charge in [-0.25, -0.2) is 19.0 Å². The molecule has 0 atom stereocenters. The molecule has 130 valence electrons. The molecular formula is C18H20FN5O. The van der Waals surface area contributed by atoms with Crippen molar-refractivity contribution in [3.63, 3.8) is 0 Å². The van der Waals surface area contributed by atoms with Gasteiger partial charge in [0.05, 0.1) is 11.6 Å². The van der Waals surface area contributed by atoms with Crippen LogP contribution in [-0.2, 0) is 4.74 Å². The van der Waals surface area contributed by atoms with Gasteiger partial charge in [0.15, 0.2) is 5.65 Å². The zero-order valence-corrected chi connectivity index (χ0v) is 14.1. The van der Waals surface area contributed by atoms with E-state index in [1.165, 1.54) is 17.1 Å². The molecule has 7 heteroatoms. The maximum atomic E-state index is 14.1. The summed E-state index contributed by atoms with van der Waals surface area (Å²) in [6.45, 7) is 2.65. The second kappa shape index (κ2) is 6.76. The SMILES string of the molecule is COCC1CCN(c2ncnc3c2cnn3-c2ccccc2F)CC1. The zero-order valence-electron chi connectivity index (χ0n) is 14.1. The second-order valence-corrected chi connectivity index (χ2v) is 6.33. The molecule has 1 saturated heterocycles. The number of rotatable bonds is 4. The molecule has 1 aliphatic heterocycles. The van der Waals surface area contributed by atoms with E-state index in [-0.39, 0.29) is 5.82 Å². The Morgan fingerprint density at radius 1 is 1.20 bits per heavy atom. The molecular weight excluding hydrogens is 321 g/mol. The van der Waals surface area contributed by atoms with Crippen LogP contribution in [0.4, 0.5) is 10.2 Å². The molecule has 0 aliphatic carbocycles. The molecule has 2 aromatic heterocycles. The third-order valence-corrected chi connectivity index (χ3v) is 4.74. The highest BCUT2D eigenvalue weighted by Crippen LogP contribution is 2.28. The summed E-state index contributed by atoms with van der Waals surface area (Å²) in [5.41, 5.74) is 1.01. The molecule has 1 fully saturated rings. The predicted molar refractivity (Wildman–Crippen MR) is 93.4 cm³/mol. The molecule has 25 heavy (non-hydrogen) atoms. The van der Waals surface area contributed by atoms with Crippen LogP contribution in [0.15, 0.2) is 36.8 Å². The Morgan fingerprint density at radius 2 is 2.00 bits per heavy atom. The summed E-state index contributed by atoms with van der Waals surface area (Å²) >= 11 is 0. The minimum atomic E-state index is -0.326. The molecule has 0 spiro atoms. The van der Waals surface area contributed by atoms with Crippen LogP contribution in [-0.4, -0.2) is 46.6 Å². The third-order valence-electron chi connectivity index (χ3n) is 4.74.